The van der Waals surface area contributed by atoms with E-state index < -0.39 is 11.9 Å². The molecule has 0 atom stereocenters. The number of guanidine groups is 1. The van der Waals surface area contributed by atoms with E-state index in [4.69, 9.17) is 29.8 Å². The number of aliphatic carboxylic acids is 2. The van der Waals surface area contributed by atoms with Gasteiger partial charge in [0.25, 0.3) is 0 Å². The van der Waals surface area contributed by atoms with Crippen molar-refractivity contribution in [2.24, 2.45) is 9.98 Å². The largest absolute Gasteiger partial charge is 0.507 e. The maximum atomic E-state index is 11.5. The summed E-state index contributed by atoms with van der Waals surface area (Å²) in [6.07, 6.45) is 5.25. The number of rotatable bonds is 8. The van der Waals surface area contributed by atoms with Crippen LogP contribution >= 0.6 is 0 Å². The number of hydrogen-bond donors (Lipinski definition) is 4. The molecule has 2 heterocycles. The van der Waals surface area contributed by atoms with Crippen molar-refractivity contribution >= 4 is 41.7 Å². The molecule has 3 aromatic rings. The Balaban J connectivity index is 0.00000107. The summed E-state index contributed by atoms with van der Waals surface area (Å²) in [5.74, 6) is -1.75. The fourth-order valence-electron chi connectivity index (χ4n) is 6.54. The van der Waals surface area contributed by atoms with E-state index in [2.05, 4.69) is 102 Å². The van der Waals surface area contributed by atoms with Gasteiger partial charge in [-0.25, -0.2) is 9.59 Å². The van der Waals surface area contributed by atoms with E-state index in [1.807, 2.05) is 30.3 Å². The molecule has 0 aliphatic carbocycles. The van der Waals surface area contributed by atoms with E-state index in [9.17, 15) is 10.2 Å². The third-order valence-corrected chi connectivity index (χ3v) is 9.77. The molecule has 299 valence electrons. The second kappa shape index (κ2) is 17.8. The smallest absolute Gasteiger partial charge is 0.414 e. The number of aliphatic imine (C=N–C) groups is 2. The summed E-state index contributed by atoms with van der Waals surface area (Å²) in [6.45, 7) is 24.8. The Kier molecular flexibility index (Phi) is 14.5. The third-order valence-electron chi connectivity index (χ3n) is 9.77. The van der Waals surface area contributed by atoms with Gasteiger partial charge in [0, 0.05) is 45.9 Å². The Morgan fingerprint density at radius 2 is 1.25 bits per heavy atom. The number of aromatic hydroxyl groups is 2. The number of nitrogens with zero attached hydrogens (tertiary/aromatic N) is 5. The van der Waals surface area contributed by atoms with Crippen LogP contribution in [0.1, 0.15) is 102 Å². The van der Waals surface area contributed by atoms with Crippen LogP contribution in [0.5, 0.6) is 11.5 Å². The molecule has 0 unspecified atom stereocenters. The van der Waals surface area contributed by atoms with Crippen LogP contribution in [0.2, 0.25) is 0 Å². The van der Waals surface area contributed by atoms with Gasteiger partial charge in [-0.1, -0.05) is 86.6 Å². The number of hydrogen-bond acceptors (Lipinski definition) is 8. The van der Waals surface area contributed by atoms with Crippen LogP contribution in [0.25, 0.3) is 0 Å². The maximum Gasteiger partial charge on any atom is 0.414 e. The minimum absolute atomic E-state index is 0. The fraction of sp³-hybridized carbons (Fsp3) is 0.465. The van der Waals surface area contributed by atoms with Crippen molar-refractivity contribution in [2.45, 2.75) is 91.4 Å². The molecule has 2 aliphatic heterocycles. The van der Waals surface area contributed by atoms with Gasteiger partial charge in [0.15, 0.2) is 0 Å². The molecular formula is C43H58CoN5O6+. The van der Waals surface area contributed by atoms with Gasteiger partial charge in [-0.05, 0) is 70.0 Å². The van der Waals surface area contributed by atoms with Crippen molar-refractivity contribution in [1.29, 1.82) is 0 Å². The van der Waals surface area contributed by atoms with Gasteiger partial charge in [0.05, 0.1) is 51.1 Å². The summed E-state index contributed by atoms with van der Waals surface area (Å²) < 4.78 is 2.36. The first-order valence-electron chi connectivity index (χ1n) is 18.5. The van der Waals surface area contributed by atoms with Gasteiger partial charge in [0.1, 0.15) is 11.5 Å². The number of phenolic OH excluding ortho intramolecular Hbond substituents is 2. The molecular weight excluding hydrogens is 741 g/mol. The second-order valence-corrected chi connectivity index (χ2v) is 17.2. The zero-order valence-electron chi connectivity index (χ0n) is 33.9. The minimum Gasteiger partial charge on any atom is -0.507 e. The Labute approximate surface area is 336 Å². The minimum atomic E-state index is -1.82. The van der Waals surface area contributed by atoms with Gasteiger partial charge in [-0.15, -0.1) is 0 Å². The van der Waals surface area contributed by atoms with Crippen molar-refractivity contribution in [1.82, 2.24) is 9.80 Å². The zero-order chi connectivity index (χ0) is 40.2. The molecule has 0 amide bonds. The topological polar surface area (TPSA) is 149 Å². The van der Waals surface area contributed by atoms with E-state index in [1.165, 1.54) is 11.5 Å². The summed E-state index contributed by atoms with van der Waals surface area (Å²) in [4.78, 5) is 32.8. The monoisotopic (exact) mass is 799 g/mol. The molecule has 2 aliphatic rings. The van der Waals surface area contributed by atoms with Gasteiger partial charge < -0.3 is 20.4 Å². The van der Waals surface area contributed by atoms with E-state index >= 15 is 0 Å². The molecule has 5 rings (SSSR count). The van der Waals surface area contributed by atoms with Crippen molar-refractivity contribution in [3.63, 3.8) is 0 Å². The van der Waals surface area contributed by atoms with E-state index in [0.717, 1.165) is 62.3 Å². The SMILES string of the molecule is C[N+]1=C2N(CCCc3cc(C(C)(C)C)cc(C=Nc4ccccc4N=Cc4cc(C(C)(C)C)cc(C(C)(C)C)c4O)c3O)CCN2CC1.O=C(O)C(=O)O.[Co]. The number of carboxylic acids is 2. The summed E-state index contributed by atoms with van der Waals surface area (Å²) in [5.41, 5.74) is 6.56. The Morgan fingerprint density at radius 3 is 1.75 bits per heavy atom. The molecule has 0 saturated carbocycles. The number of likely N-dealkylation sites (N-methyl/N-ethyl adjacent to an activating group) is 1. The number of carbonyl (C=O) groups is 2. The average Bonchev–Trinajstić information content (AvgIpc) is 3.65. The number of benzene rings is 3. The molecule has 0 spiro atoms. The van der Waals surface area contributed by atoms with Crippen molar-refractivity contribution in [3.05, 3.63) is 81.9 Å². The first kappa shape index (κ1) is 44.7. The van der Waals surface area contributed by atoms with E-state index in [0.29, 0.717) is 28.3 Å². The summed E-state index contributed by atoms with van der Waals surface area (Å²) in [7, 11) is 2.18. The van der Waals surface area contributed by atoms with Crippen LogP contribution in [0.15, 0.2) is 58.5 Å². The van der Waals surface area contributed by atoms with Crippen LogP contribution in [-0.4, -0.2) is 105 Å². The first-order valence-corrected chi connectivity index (χ1v) is 18.5. The van der Waals surface area contributed by atoms with Gasteiger partial charge in [0.2, 0.25) is 0 Å². The summed E-state index contributed by atoms with van der Waals surface area (Å²) >= 11 is 0. The van der Waals surface area contributed by atoms with E-state index in [1.54, 1.807) is 12.4 Å². The van der Waals surface area contributed by atoms with Crippen LogP contribution in [-0.2, 0) is 49.0 Å². The zero-order valence-corrected chi connectivity index (χ0v) is 34.9. The average molecular weight is 800 g/mol. The van der Waals surface area contributed by atoms with Crippen LogP contribution in [0.4, 0.5) is 11.4 Å². The Hall–Kier alpha value is -4.68. The van der Waals surface area contributed by atoms with Crippen LogP contribution in [0.3, 0.4) is 0 Å². The summed E-state index contributed by atoms with van der Waals surface area (Å²) in [6, 6.07) is 16.1. The number of carboxylic acid groups (broad SMARTS) is 2. The fourth-order valence-corrected chi connectivity index (χ4v) is 6.54. The predicted molar refractivity (Wildman–Crippen MR) is 216 cm³/mol. The Morgan fingerprint density at radius 1 is 0.745 bits per heavy atom. The molecule has 0 aromatic heterocycles. The molecule has 3 aromatic carbocycles. The Bertz CT molecular complexity index is 1960. The molecule has 55 heavy (non-hydrogen) atoms. The molecule has 11 nitrogen and oxygen atoms in total. The number of fused-ring (bicyclic) bond motifs is 1. The van der Waals surface area contributed by atoms with E-state index in [-0.39, 0.29) is 38.8 Å². The molecule has 4 N–H and O–H groups in total. The molecule has 1 radical (unpaired) electrons. The predicted octanol–water partition coefficient (Wildman–Crippen LogP) is 7.21. The van der Waals surface area contributed by atoms with Crippen molar-refractivity contribution in [3.8, 4) is 11.5 Å². The molecule has 12 heteroatoms. The van der Waals surface area contributed by atoms with Gasteiger partial charge in [-0.2, -0.15) is 0 Å². The normalized spacial score (nSPS) is 14.7. The first-order chi connectivity index (χ1) is 25.1. The molecule has 1 fully saturated rings. The molecule has 0 bridgehead atoms. The standard InChI is InChI=1S/C41H55N5O2.C2H2O4.Co/c1-39(2,3)31-22-28(14-13-17-45-20-21-46-19-18-44(10)38(45)46)36(47)29(23-31)26-42-34-15-11-12-16-35(34)43-27-30-24-32(40(4,5)6)25-33(37(30)48)41(7,8)9;3-1(4)2(5)6;/h11-12,15-16,22-27H,13-14,17-21H2,1-10H3,(H-,42,43,47,48);(H,3,4)(H,5,6);/p+1. The quantitative estimate of drug-likeness (QED) is 0.106. The van der Waals surface area contributed by atoms with Crippen molar-refractivity contribution in [2.75, 3.05) is 39.8 Å². The second-order valence-electron chi connectivity index (χ2n) is 17.2. The summed E-state index contributed by atoms with van der Waals surface area (Å²) in [5, 5.41) is 37.6. The number of para-hydroxylation sites is 2. The van der Waals surface area contributed by atoms with Crippen LogP contribution < -0.4 is 0 Å². The molecule has 1 saturated heterocycles. The number of phenols is 2. The third kappa shape index (κ3) is 11.4. The van der Waals surface area contributed by atoms with Gasteiger partial charge in [-0.3, -0.25) is 24.4 Å². The number of aryl methyl sites for hydroxylation is 1. The maximum absolute atomic E-state index is 11.5. The van der Waals surface area contributed by atoms with Crippen LogP contribution in [0, 0.1) is 0 Å². The van der Waals surface area contributed by atoms with Crippen molar-refractivity contribution < 1.29 is 51.4 Å². The van der Waals surface area contributed by atoms with Gasteiger partial charge >= 0.3 is 17.9 Å².